The van der Waals surface area contributed by atoms with Gasteiger partial charge in [-0.2, -0.15) is 0 Å². The number of hydrogen-bond acceptors (Lipinski definition) is 2. The van der Waals surface area contributed by atoms with Crippen LogP contribution < -0.4 is 5.73 Å². The van der Waals surface area contributed by atoms with Crippen molar-refractivity contribution >= 4 is 15.9 Å². The van der Waals surface area contributed by atoms with Crippen LogP contribution in [0.2, 0.25) is 0 Å². The highest BCUT2D eigenvalue weighted by molar-refractivity contribution is 9.10. The Labute approximate surface area is 126 Å². The third-order valence-corrected chi connectivity index (χ3v) is 4.44. The minimum atomic E-state index is 0.322. The van der Waals surface area contributed by atoms with Gasteiger partial charge in [0.1, 0.15) is 0 Å². The fourth-order valence-electron chi connectivity index (χ4n) is 2.57. The molecule has 0 aliphatic rings. The van der Waals surface area contributed by atoms with Crippen molar-refractivity contribution in [1.29, 1.82) is 0 Å². The van der Waals surface area contributed by atoms with Crippen LogP contribution in [0.1, 0.15) is 45.2 Å². The molecule has 1 aromatic carbocycles. The average molecular weight is 327 g/mol. The molecule has 0 bridgehead atoms. The summed E-state index contributed by atoms with van der Waals surface area (Å²) in [5.41, 5.74) is 7.34. The number of nitrogens with zero attached hydrogens (tertiary/aromatic N) is 1. The van der Waals surface area contributed by atoms with Crippen LogP contribution >= 0.6 is 15.9 Å². The van der Waals surface area contributed by atoms with Gasteiger partial charge in [-0.3, -0.25) is 4.90 Å². The van der Waals surface area contributed by atoms with E-state index in [1.165, 1.54) is 18.4 Å². The zero-order valence-corrected chi connectivity index (χ0v) is 14.0. The van der Waals surface area contributed by atoms with Crippen molar-refractivity contribution in [3.05, 3.63) is 34.3 Å². The van der Waals surface area contributed by atoms with Gasteiger partial charge in [0.05, 0.1) is 0 Å². The predicted molar refractivity (Wildman–Crippen MR) is 87.3 cm³/mol. The molecule has 1 atom stereocenters. The Balaban J connectivity index is 2.86. The summed E-state index contributed by atoms with van der Waals surface area (Å²) in [6, 6.07) is 8.84. The SMILES string of the molecule is CCC(CC)CN(CC)C(CN)c1cccc(Br)c1. The van der Waals surface area contributed by atoms with E-state index >= 15 is 0 Å². The molecule has 0 saturated heterocycles. The fourth-order valence-corrected chi connectivity index (χ4v) is 2.98. The van der Waals surface area contributed by atoms with Crippen molar-refractivity contribution in [3.63, 3.8) is 0 Å². The number of hydrogen-bond donors (Lipinski definition) is 1. The van der Waals surface area contributed by atoms with E-state index in [2.05, 4.69) is 65.9 Å². The Morgan fingerprint density at radius 2 is 1.89 bits per heavy atom. The van der Waals surface area contributed by atoms with Crippen LogP contribution in [0.3, 0.4) is 0 Å². The first-order valence-electron chi connectivity index (χ1n) is 7.35. The van der Waals surface area contributed by atoms with E-state index in [9.17, 15) is 0 Å². The lowest BCUT2D eigenvalue weighted by molar-refractivity contribution is 0.174. The van der Waals surface area contributed by atoms with Crippen molar-refractivity contribution in [2.24, 2.45) is 11.7 Å². The molecule has 3 heteroatoms. The zero-order chi connectivity index (χ0) is 14.3. The van der Waals surface area contributed by atoms with Gasteiger partial charge in [0.15, 0.2) is 0 Å². The van der Waals surface area contributed by atoms with Crippen LogP contribution in [0, 0.1) is 5.92 Å². The molecule has 0 aliphatic carbocycles. The molecule has 2 N–H and O–H groups in total. The van der Waals surface area contributed by atoms with Crippen LogP contribution in [0.5, 0.6) is 0 Å². The van der Waals surface area contributed by atoms with E-state index in [0.717, 1.165) is 23.5 Å². The third kappa shape index (κ3) is 4.90. The Morgan fingerprint density at radius 1 is 1.21 bits per heavy atom. The van der Waals surface area contributed by atoms with Gasteiger partial charge in [-0.15, -0.1) is 0 Å². The van der Waals surface area contributed by atoms with Crippen molar-refractivity contribution in [1.82, 2.24) is 4.90 Å². The van der Waals surface area contributed by atoms with Gasteiger partial charge in [0, 0.05) is 23.6 Å². The van der Waals surface area contributed by atoms with Gasteiger partial charge < -0.3 is 5.73 Å². The zero-order valence-electron chi connectivity index (χ0n) is 12.4. The molecule has 0 fully saturated rings. The molecule has 1 aromatic rings. The highest BCUT2D eigenvalue weighted by atomic mass is 79.9. The summed E-state index contributed by atoms with van der Waals surface area (Å²) in [5, 5.41) is 0. The van der Waals surface area contributed by atoms with Crippen LogP contribution in [-0.2, 0) is 0 Å². The van der Waals surface area contributed by atoms with Crippen LogP contribution in [-0.4, -0.2) is 24.5 Å². The van der Waals surface area contributed by atoms with Crippen molar-refractivity contribution in [2.75, 3.05) is 19.6 Å². The lowest BCUT2D eigenvalue weighted by Gasteiger charge is -2.33. The molecule has 19 heavy (non-hydrogen) atoms. The highest BCUT2D eigenvalue weighted by Crippen LogP contribution is 2.24. The second-order valence-electron chi connectivity index (χ2n) is 5.08. The second-order valence-corrected chi connectivity index (χ2v) is 5.99. The van der Waals surface area contributed by atoms with Crippen molar-refractivity contribution < 1.29 is 0 Å². The monoisotopic (exact) mass is 326 g/mol. The minimum absolute atomic E-state index is 0.322. The summed E-state index contributed by atoms with van der Waals surface area (Å²) in [6.07, 6.45) is 2.48. The highest BCUT2D eigenvalue weighted by Gasteiger charge is 2.20. The number of likely N-dealkylation sites (N-methyl/N-ethyl adjacent to an activating group) is 1. The summed E-state index contributed by atoms with van der Waals surface area (Å²) in [5.74, 6) is 0.765. The number of benzene rings is 1. The summed E-state index contributed by atoms with van der Waals surface area (Å²) < 4.78 is 1.13. The molecule has 0 spiro atoms. The maximum absolute atomic E-state index is 6.03. The van der Waals surface area contributed by atoms with Crippen LogP contribution in [0.4, 0.5) is 0 Å². The lowest BCUT2D eigenvalue weighted by Crippen LogP contribution is -2.37. The number of rotatable bonds is 8. The first-order chi connectivity index (χ1) is 9.15. The smallest absolute Gasteiger partial charge is 0.0470 e. The maximum atomic E-state index is 6.03. The Hall–Kier alpha value is -0.380. The molecule has 0 heterocycles. The van der Waals surface area contributed by atoms with Crippen LogP contribution in [0.25, 0.3) is 0 Å². The lowest BCUT2D eigenvalue weighted by atomic mass is 9.99. The quantitative estimate of drug-likeness (QED) is 0.775. The van der Waals surface area contributed by atoms with E-state index in [4.69, 9.17) is 5.73 Å². The van der Waals surface area contributed by atoms with E-state index in [1.54, 1.807) is 0 Å². The van der Waals surface area contributed by atoms with Gasteiger partial charge >= 0.3 is 0 Å². The molecular formula is C16H27BrN2. The summed E-state index contributed by atoms with van der Waals surface area (Å²) in [6.45, 7) is 9.63. The predicted octanol–water partition coefficient (Wildman–Crippen LogP) is 4.21. The Morgan fingerprint density at radius 3 is 2.37 bits per heavy atom. The van der Waals surface area contributed by atoms with E-state index in [1.807, 2.05) is 0 Å². The number of halogens is 1. The van der Waals surface area contributed by atoms with E-state index < -0.39 is 0 Å². The molecular weight excluding hydrogens is 300 g/mol. The second kappa shape index (κ2) is 8.72. The fraction of sp³-hybridized carbons (Fsp3) is 0.625. The molecule has 0 aromatic heterocycles. The Kier molecular flexibility index (Phi) is 7.66. The van der Waals surface area contributed by atoms with Crippen LogP contribution in [0.15, 0.2) is 28.7 Å². The molecule has 0 radical (unpaired) electrons. The first-order valence-corrected chi connectivity index (χ1v) is 8.15. The molecule has 0 amide bonds. The maximum Gasteiger partial charge on any atom is 0.0470 e. The van der Waals surface area contributed by atoms with Gasteiger partial charge in [0.2, 0.25) is 0 Å². The molecule has 2 nitrogen and oxygen atoms in total. The topological polar surface area (TPSA) is 29.3 Å². The van der Waals surface area contributed by atoms with Gasteiger partial charge in [-0.05, 0) is 30.2 Å². The normalized spacial score (nSPS) is 13.2. The van der Waals surface area contributed by atoms with E-state index in [0.29, 0.717) is 12.6 Å². The number of nitrogens with two attached hydrogens (primary N) is 1. The average Bonchev–Trinajstić information content (AvgIpc) is 2.43. The third-order valence-electron chi connectivity index (χ3n) is 3.95. The standard InChI is InChI=1S/C16H27BrN2/c1-4-13(5-2)12-19(6-3)16(11-18)14-8-7-9-15(17)10-14/h7-10,13,16H,4-6,11-12,18H2,1-3H3. The molecule has 0 aliphatic heterocycles. The summed E-state index contributed by atoms with van der Waals surface area (Å²) >= 11 is 3.55. The van der Waals surface area contributed by atoms with Gasteiger partial charge in [0.25, 0.3) is 0 Å². The molecule has 108 valence electrons. The van der Waals surface area contributed by atoms with E-state index in [-0.39, 0.29) is 0 Å². The summed E-state index contributed by atoms with van der Waals surface area (Å²) in [4.78, 5) is 2.51. The molecule has 1 unspecified atom stereocenters. The molecule has 1 rings (SSSR count). The van der Waals surface area contributed by atoms with Crippen molar-refractivity contribution in [2.45, 2.75) is 39.7 Å². The van der Waals surface area contributed by atoms with Gasteiger partial charge in [-0.25, -0.2) is 0 Å². The minimum Gasteiger partial charge on any atom is -0.329 e. The summed E-state index contributed by atoms with van der Waals surface area (Å²) in [7, 11) is 0. The van der Waals surface area contributed by atoms with Crippen molar-refractivity contribution in [3.8, 4) is 0 Å². The first kappa shape index (κ1) is 16.7. The molecule has 0 saturated carbocycles. The largest absolute Gasteiger partial charge is 0.329 e. The van der Waals surface area contributed by atoms with Gasteiger partial charge in [-0.1, -0.05) is 61.7 Å². The Bertz CT molecular complexity index is 364.